The van der Waals surface area contributed by atoms with Gasteiger partial charge in [-0.2, -0.15) is 4.68 Å². The molecule has 0 spiro atoms. The Morgan fingerprint density at radius 3 is 2.76 bits per heavy atom. The second kappa shape index (κ2) is 5.36. The number of rotatable bonds is 2. The van der Waals surface area contributed by atoms with E-state index >= 15 is 0 Å². The average molecular weight is 280 g/mol. The van der Waals surface area contributed by atoms with Crippen molar-refractivity contribution >= 4 is 17.1 Å². The first-order valence-electron chi connectivity index (χ1n) is 6.80. The van der Waals surface area contributed by atoms with Crippen LogP contribution >= 0.6 is 0 Å². The van der Waals surface area contributed by atoms with Crippen LogP contribution in [0.4, 0.5) is 4.79 Å². The number of para-hydroxylation sites is 1. The molecule has 0 unspecified atom stereocenters. The monoisotopic (exact) mass is 280 g/mol. The number of aromatic nitrogens is 3. The maximum Gasteiger partial charge on any atom is 0.344 e. The Morgan fingerprint density at radius 2 is 1.95 bits per heavy atom. The molecule has 3 aromatic rings. The third kappa shape index (κ3) is 2.63. The van der Waals surface area contributed by atoms with Crippen LogP contribution in [-0.4, -0.2) is 21.0 Å². The molecule has 0 fully saturated rings. The lowest BCUT2D eigenvalue weighted by Crippen LogP contribution is -2.28. The molecule has 0 aliphatic carbocycles. The number of fused-ring (bicyclic) bond motifs is 1. The second-order valence-corrected chi connectivity index (χ2v) is 5.07. The summed E-state index contributed by atoms with van der Waals surface area (Å²) in [7, 11) is 0. The number of hydrogen-bond acceptors (Lipinski definition) is 3. The predicted molar refractivity (Wildman–Crippen MR) is 81.1 cm³/mol. The van der Waals surface area contributed by atoms with Gasteiger partial charge in [-0.1, -0.05) is 35.5 Å². The molecule has 1 aromatic heterocycles. The number of nitrogens with zero attached hydrogens (tertiary/aromatic N) is 3. The molecular weight excluding hydrogens is 264 g/mol. The summed E-state index contributed by atoms with van der Waals surface area (Å²) in [5.41, 5.74) is 4.94. The zero-order valence-electron chi connectivity index (χ0n) is 12.0. The summed E-state index contributed by atoms with van der Waals surface area (Å²) in [6.45, 7) is 4.60. The fourth-order valence-corrected chi connectivity index (χ4v) is 2.18. The third-order valence-electron chi connectivity index (χ3n) is 3.56. The van der Waals surface area contributed by atoms with Gasteiger partial charge in [0.05, 0.1) is 5.52 Å². The van der Waals surface area contributed by atoms with Crippen LogP contribution in [0.5, 0.6) is 0 Å². The number of nitrogens with one attached hydrogen (secondary N) is 1. The van der Waals surface area contributed by atoms with Crippen LogP contribution in [0.15, 0.2) is 42.5 Å². The van der Waals surface area contributed by atoms with Crippen molar-refractivity contribution in [1.82, 2.24) is 20.3 Å². The Morgan fingerprint density at radius 1 is 1.14 bits per heavy atom. The SMILES string of the molecule is Cc1ccc(CNC(=O)n2nnc3ccccc32)cc1C. The largest absolute Gasteiger partial charge is 0.344 e. The molecule has 3 rings (SSSR count). The highest BCUT2D eigenvalue weighted by atomic mass is 16.2. The molecule has 0 aliphatic rings. The van der Waals surface area contributed by atoms with Gasteiger partial charge in [0.25, 0.3) is 0 Å². The molecule has 106 valence electrons. The van der Waals surface area contributed by atoms with Gasteiger partial charge in [-0.15, -0.1) is 5.10 Å². The van der Waals surface area contributed by atoms with E-state index in [4.69, 9.17) is 0 Å². The van der Waals surface area contributed by atoms with Crippen molar-refractivity contribution in [2.24, 2.45) is 0 Å². The number of aryl methyl sites for hydroxylation is 2. The summed E-state index contributed by atoms with van der Waals surface area (Å²) in [5.74, 6) is 0. The summed E-state index contributed by atoms with van der Waals surface area (Å²) >= 11 is 0. The quantitative estimate of drug-likeness (QED) is 0.785. The van der Waals surface area contributed by atoms with Crippen molar-refractivity contribution in [3.63, 3.8) is 0 Å². The molecule has 5 nitrogen and oxygen atoms in total. The van der Waals surface area contributed by atoms with Crippen molar-refractivity contribution in [3.05, 3.63) is 59.2 Å². The molecule has 0 bridgehead atoms. The summed E-state index contributed by atoms with van der Waals surface area (Å²) in [4.78, 5) is 12.2. The highest BCUT2D eigenvalue weighted by molar-refractivity contribution is 5.87. The molecule has 2 aromatic carbocycles. The number of benzene rings is 2. The average Bonchev–Trinajstić information content (AvgIpc) is 2.92. The van der Waals surface area contributed by atoms with E-state index in [1.54, 1.807) is 0 Å². The van der Waals surface area contributed by atoms with Gasteiger partial charge in [-0.3, -0.25) is 0 Å². The molecule has 5 heteroatoms. The fraction of sp³-hybridized carbons (Fsp3) is 0.188. The smallest absolute Gasteiger partial charge is 0.332 e. The van der Waals surface area contributed by atoms with Gasteiger partial charge >= 0.3 is 6.03 Å². The lowest BCUT2D eigenvalue weighted by Gasteiger charge is -2.07. The molecule has 0 radical (unpaired) electrons. The molecular formula is C16H16N4O. The summed E-state index contributed by atoms with van der Waals surface area (Å²) < 4.78 is 1.29. The van der Waals surface area contributed by atoms with E-state index in [-0.39, 0.29) is 6.03 Å². The molecule has 0 atom stereocenters. The summed E-state index contributed by atoms with van der Waals surface area (Å²) in [5, 5.41) is 10.7. The maximum absolute atomic E-state index is 12.2. The van der Waals surface area contributed by atoms with Gasteiger partial charge in [0.2, 0.25) is 0 Å². The lowest BCUT2D eigenvalue weighted by molar-refractivity contribution is 0.239. The van der Waals surface area contributed by atoms with Crippen molar-refractivity contribution in [3.8, 4) is 0 Å². The Labute approximate surface area is 122 Å². The molecule has 1 N–H and O–H groups in total. The number of hydrogen-bond donors (Lipinski definition) is 1. The van der Waals surface area contributed by atoms with Crippen LogP contribution in [0.3, 0.4) is 0 Å². The van der Waals surface area contributed by atoms with Gasteiger partial charge in [0, 0.05) is 6.54 Å². The zero-order valence-corrected chi connectivity index (χ0v) is 12.0. The second-order valence-electron chi connectivity index (χ2n) is 5.07. The van der Waals surface area contributed by atoms with E-state index in [2.05, 4.69) is 41.6 Å². The Kier molecular flexibility index (Phi) is 3.39. The highest BCUT2D eigenvalue weighted by Gasteiger charge is 2.10. The normalized spacial score (nSPS) is 10.8. The van der Waals surface area contributed by atoms with Gasteiger partial charge in [-0.05, 0) is 42.7 Å². The first-order valence-corrected chi connectivity index (χ1v) is 6.80. The fourth-order valence-electron chi connectivity index (χ4n) is 2.18. The van der Waals surface area contributed by atoms with Crippen LogP contribution in [0.2, 0.25) is 0 Å². The minimum absolute atomic E-state index is 0.276. The minimum atomic E-state index is -0.276. The van der Waals surface area contributed by atoms with E-state index in [1.807, 2.05) is 30.3 Å². The molecule has 0 aliphatic heterocycles. The number of carbonyl (C=O) groups is 1. The molecule has 21 heavy (non-hydrogen) atoms. The van der Waals surface area contributed by atoms with Gasteiger partial charge in [-0.25, -0.2) is 4.79 Å². The zero-order chi connectivity index (χ0) is 14.8. The molecule has 1 amide bonds. The van der Waals surface area contributed by atoms with Gasteiger partial charge in [0.1, 0.15) is 5.52 Å². The van der Waals surface area contributed by atoms with Crippen molar-refractivity contribution in [2.75, 3.05) is 0 Å². The van der Waals surface area contributed by atoms with Gasteiger partial charge < -0.3 is 5.32 Å². The first-order chi connectivity index (χ1) is 10.1. The summed E-state index contributed by atoms with van der Waals surface area (Å²) in [6.07, 6.45) is 0. The van der Waals surface area contributed by atoms with Crippen LogP contribution in [-0.2, 0) is 6.54 Å². The molecule has 0 saturated carbocycles. The van der Waals surface area contributed by atoms with Crippen LogP contribution in [0.1, 0.15) is 16.7 Å². The Hall–Kier alpha value is -2.69. The van der Waals surface area contributed by atoms with Crippen LogP contribution in [0, 0.1) is 13.8 Å². The highest BCUT2D eigenvalue weighted by Crippen LogP contribution is 2.11. The molecule has 1 heterocycles. The Balaban J connectivity index is 1.76. The van der Waals surface area contributed by atoms with E-state index in [9.17, 15) is 4.79 Å². The number of carbonyl (C=O) groups excluding carboxylic acids is 1. The van der Waals surface area contributed by atoms with Gasteiger partial charge in [0.15, 0.2) is 0 Å². The predicted octanol–water partition coefficient (Wildman–Crippen LogP) is 2.81. The van der Waals surface area contributed by atoms with E-state index in [0.29, 0.717) is 17.6 Å². The number of amides is 1. The van der Waals surface area contributed by atoms with Crippen molar-refractivity contribution in [2.45, 2.75) is 20.4 Å². The topological polar surface area (TPSA) is 59.8 Å². The van der Waals surface area contributed by atoms with Crippen LogP contribution < -0.4 is 5.32 Å². The standard InChI is InChI=1S/C16H16N4O/c1-11-7-8-13(9-12(11)2)10-17-16(21)20-15-6-4-3-5-14(15)18-19-20/h3-9H,10H2,1-2H3,(H,17,21). The minimum Gasteiger partial charge on any atom is -0.332 e. The van der Waals surface area contributed by atoms with E-state index in [0.717, 1.165) is 5.56 Å². The van der Waals surface area contributed by atoms with E-state index in [1.165, 1.54) is 15.8 Å². The summed E-state index contributed by atoms with van der Waals surface area (Å²) in [6, 6.07) is 13.3. The molecule has 0 saturated heterocycles. The van der Waals surface area contributed by atoms with E-state index < -0.39 is 0 Å². The van der Waals surface area contributed by atoms with Crippen LogP contribution in [0.25, 0.3) is 11.0 Å². The lowest BCUT2D eigenvalue weighted by atomic mass is 10.1. The Bertz CT molecular complexity index is 807. The van der Waals surface area contributed by atoms with Crippen molar-refractivity contribution in [1.29, 1.82) is 0 Å². The third-order valence-corrected chi connectivity index (χ3v) is 3.56. The first kappa shape index (κ1) is 13.3. The van der Waals surface area contributed by atoms with Crippen molar-refractivity contribution < 1.29 is 4.79 Å². The maximum atomic E-state index is 12.2.